The molecule has 6 nitrogen and oxygen atoms in total. The number of aromatic nitrogens is 1. The van der Waals surface area contributed by atoms with Crippen molar-refractivity contribution in [3.8, 4) is 5.88 Å². The second-order valence-electron chi connectivity index (χ2n) is 4.53. The minimum Gasteiger partial charge on any atom is -0.481 e. The number of nitrogens with one attached hydrogen (secondary N) is 1. The summed E-state index contributed by atoms with van der Waals surface area (Å²) in [6, 6.07) is 12.6. The van der Waals surface area contributed by atoms with Gasteiger partial charge < -0.3 is 10.1 Å². The van der Waals surface area contributed by atoms with Gasteiger partial charge in [0, 0.05) is 11.8 Å². The Bertz CT molecular complexity index is 700. The maximum absolute atomic E-state index is 11.0. The number of hydrogen-bond acceptors (Lipinski definition) is 5. The number of methoxy groups -OCH3 is 1. The molecule has 1 aromatic heterocycles. The zero-order valence-electron chi connectivity index (χ0n) is 11.6. The Labute approximate surface area is 124 Å². The predicted octanol–water partition coefficient (Wildman–Crippen LogP) is 1.49. The molecule has 0 radical (unpaired) electrons. The number of anilines is 1. The number of ether oxygens (including phenoxy) is 1. The Balaban J connectivity index is 1.97. The third kappa shape index (κ3) is 5.05. The van der Waals surface area contributed by atoms with Crippen molar-refractivity contribution in [3.63, 3.8) is 0 Å². The minimum atomic E-state index is -3.50. The molecule has 0 amide bonds. The fourth-order valence-corrected chi connectivity index (χ4v) is 2.47. The number of rotatable bonds is 6. The highest BCUT2D eigenvalue weighted by molar-refractivity contribution is 7.88. The van der Waals surface area contributed by atoms with E-state index in [-0.39, 0.29) is 5.75 Å². The topological polar surface area (TPSA) is 94.3 Å². The van der Waals surface area contributed by atoms with E-state index < -0.39 is 10.0 Å². The molecule has 0 aliphatic carbocycles. The molecule has 1 aromatic carbocycles. The standard InChI is InChI=1S/C14H17N3O3S/c1-20-14-4-2-3-13(17-14)9-16-12-7-5-11(6-8-12)10-21(15,18)19/h2-8,16H,9-10H2,1H3,(H2,15,18,19). The molecule has 1 heterocycles. The van der Waals surface area contributed by atoms with E-state index in [2.05, 4.69) is 10.3 Å². The number of hydrogen-bond donors (Lipinski definition) is 2. The Morgan fingerprint density at radius 1 is 1.19 bits per heavy atom. The van der Waals surface area contributed by atoms with E-state index in [4.69, 9.17) is 9.88 Å². The van der Waals surface area contributed by atoms with Crippen LogP contribution in [-0.4, -0.2) is 20.5 Å². The smallest absolute Gasteiger partial charge is 0.213 e. The van der Waals surface area contributed by atoms with Gasteiger partial charge >= 0.3 is 0 Å². The molecule has 0 saturated heterocycles. The normalized spacial score (nSPS) is 11.1. The van der Waals surface area contributed by atoms with Crippen molar-refractivity contribution in [3.05, 3.63) is 53.7 Å². The summed E-state index contributed by atoms with van der Waals surface area (Å²) in [4.78, 5) is 4.29. The van der Waals surface area contributed by atoms with Gasteiger partial charge in [0.25, 0.3) is 0 Å². The molecule has 0 saturated carbocycles. The summed E-state index contributed by atoms with van der Waals surface area (Å²) in [5.74, 6) is 0.405. The lowest BCUT2D eigenvalue weighted by Crippen LogP contribution is -2.14. The van der Waals surface area contributed by atoms with Crippen LogP contribution in [0.4, 0.5) is 5.69 Å². The zero-order valence-corrected chi connectivity index (χ0v) is 12.4. The van der Waals surface area contributed by atoms with Crippen LogP contribution in [0.3, 0.4) is 0 Å². The summed E-state index contributed by atoms with van der Waals surface area (Å²) in [7, 11) is -1.92. The summed E-state index contributed by atoms with van der Waals surface area (Å²) < 4.78 is 27.1. The Morgan fingerprint density at radius 2 is 1.90 bits per heavy atom. The molecule has 0 aliphatic rings. The number of benzene rings is 1. The van der Waals surface area contributed by atoms with E-state index in [1.165, 1.54) is 0 Å². The van der Waals surface area contributed by atoms with Crippen LogP contribution in [0.5, 0.6) is 5.88 Å². The van der Waals surface area contributed by atoms with Crippen molar-refractivity contribution < 1.29 is 13.2 Å². The van der Waals surface area contributed by atoms with Crippen LogP contribution in [0.1, 0.15) is 11.3 Å². The number of nitrogens with zero attached hydrogens (tertiary/aromatic N) is 1. The maximum atomic E-state index is 11.0. The van der Waals surface area contributed by atoms with Crippen molar-refractivity contribution in [1.29, 1.82) is 0 Å². The van der Waals surface area contributed by atoms with Gasteiger partial charge in [-0.2, -0.15) is 0 Å². The zero-order chi connectivity index (χ0) is 15.3. The van der Waals surface area contributed by atoms with E-state index in [9.17, 15) is 8.42 Å². The van der Waals surface area contributed by atoms with Gasteiger partial charge in [0.05, 0.1) is 25.1 Å². The van der Waals surface area contributed by atoms with E-state index in [0.717, 1.165) is 11.4 Å². The van der Waals surface area contributed by atoms with Crippen LogP contribution in [0.25, 0.3) is 0 Å². The van der Waals surface area contributed by atoms with Crippen molar-refractivity contribution in [2.75, 3.05) is 12.4 Å². The largest absolute Gasteiger partial charge is 0.481 e. The highest BCUT2D eigenvalue weighted by atomic mass is 32.2. The average molecular weight is 307 g/mol. The van der Waals surface area contributed by atoms with Crippen molar-refractivity contribution >= 4 is 15.7 Å². The van der Waals surface area contributed by atoms with Gasteiger partial charge in [0.1, 0.15) is 0 Å². The third-order valence-corrected chi connectivity index (χ3v) is 3.52. The highest BCUT2D eigenvalue weighted by Gasteiger charge is 2.04. The first-order valence-corrected chi connectivity index (χ1v) is 8.01. The van der Waals surface area contributed by atoms with Gasteiger partial charge in [0.15, 0.2) is 0 Å². The predicted molar refractivity (Wildman–Crippen MR) is 81.4 cm³/mol. The fraction of sp³-hybridized carbons (Fsp3) is 0.214. The minimum absolute atomic E-state index is 0.162. The number of sulfonamides is 1. The van der Waals surface area contributed by atoms with E-state index in [0.29, 0.717) is 18.0 Å². The molecule has 0 unspecified atom stereocenters. The molecule has 0 spiro atoms. The van der Waals surface area contributed by atoms with Crippen LogP contribution in [-0.2, 0) is 22.3 Å². The third-order valence-electron chi connectivity index (χ3n) is 2.79. The van der Waals surface area contributed by atoms with Gasteiger partial charge in [0.2, 0.25) is 15.9 Å². The SMILES string of the molecule is COc1cccc(CNc2ccc(CS(N)(=O)=O)cc2)n1. The number of nitrogens with two attached hydrogens (primary N) is 1. The molecule has 3 N–H and O–H groups in total. The molecule has 21 heavy (non-hydrogen) atoms. The van der Waals surface area contributed by atoms with Gasteiger partial charge in [-0.25, -0.2) is 18.5 Å². The molecular weight excluding hydrogens is 290 g/mol. The number of pyridine rings is 1. The summed E-state index contributed by atoms with van der Waals surface area (Å²) in [6.07, 6.45) is 0. The van der Waals surface area contributed by atoms with E-state index >= 15 is 0 Å². The molecular formula is C14H17N3O3S. The lowest BCUT2D eigenvalue weighted by Gasteiger charge is -2.08. The summed E-state index contributed by atoms with van der Waals surface area (Å²) in [5.41, 5.74) is 2.38. The lowest BCUT2D eigenvalue weighted by atomic mass is 10.2. The van der Waals surface area contributed by atoms with Crippen molar-refractivity contribution in [2.24, 2.45) is 5.14 Å². The molecule has 2 aromatic rings. The fourth-order valence-electron chi connectivity index (χ4n) is 1.81. The summed E-state index contributed by atoms with van der Waals surface area (Å²) >= 11 is 0. The van der Waals surface area contributed by atoms with Crippen LogP contribution in [0, 0.1) is 0 Å². The summed E-state index contributed by atoms with van der Waals surface area (Å²) in [5, 5.41) is 8.21. The second kappa shape index (κ2) is 6.55. The second-order valence-corrected chi connectivity index (χ2v) is 6.14. The monoisotopic (exact) mass is 307 g/mol. The van der Waals surface area contributed by atoms with Crippen LogP contribution < -0.4 is 15.2 Å². The highest BCUT2D eigenvalue weighted by Crippen LogP contribution is 2.13. The van der Waals surface area contributed by atoms with Crippen molar-refractivity contribution in [1.82, 2.24) is 4.98 Å². The summed E-state index contributed by atoms with van der Waals surface area (Å²) in [6.45, 7) is 0.547. The molecule has 2 rings (SSSR count). The van der Waals surface area contributed by atoms with Crippen LogP contribution in [0.15, 0.2) is 42.5 Å². The Kier molecular flexibility index (Phi) is 4.77. The van der Waals surface area contributed by atoms with Crippen LogP contribution in [0.2, 0.25) is 0 Å². The molecule has 7 heteroatoms. The quantitative estimate of drug-likeness (QED) is 0.843. The van der Waals surface area contributed by atoms with Gasteiger partial charge in [-0.05, 0) is 23.8 Å². The Hall–Kier alpha value is -2.12. The first kappa shape index (κ1) is 15.3. The van der Waals surface area contributed by atoms with E-state index in [1.54, 1.807) is 37.4 Å². The maximum Gasteiger partial charge on any atom is 0.213 e. The average Bonchev–Trinajstić information content (AvgIpc) is 2.45. The van der Waals surface area contributed by atoms with Crippen molar-refractivity contribution in [2.45, 2.75) is 12.3 Å². The number of primary sulfonamides is 1. The molecule has 112 valence electrons. The van der Waals surface area contributed by atoms with Gasteiger partial charge in [-0.3, -0.25) is 0 Å². The molecule has 0 fully saturated rings. The molecule has 0 atom stereocenters. The molecule has 0 bridgehead atoms. The lowest BCUT2D eigenvalue weighted by molar-refractivity contribution is 0.396. The van der Waals surface area contributed by atoms with Gasteiger partial charge in [-0.1, -0.05) is 18.2 Å². The van der Waals surface area contributed by atoms with Gasteiger partial charge in [-0.15, -0.1) is 0 Å². The Morgan fingerprint density at radius 3 is 2.52 bits per heavy atom. The van der Waals surface area contributed by atoms with E-state index in [1.807, 2.05) is 12.1 Å². The van der Waals surface area contributed by atoms with Crippen LogP contribution >= 0.6 is 0 Å². The molecule has 0 aliphatic heterocycles. The first-order valence-electron chi connectivity index (χ1n) is 6.29. The first-order chi connectivity index (χ1) is 9.96.